The Hall–Kier alpha value is -1.96. The number of ether oxygens (including phenoxy) is 1. The Kier molecular flexibility index (Phi) is 5.48. The Balaban J connectivity index is 1.84. The molecule has 0 fully saturated rings. The van der Waals surface area contributed by atoms with Crippen LogP contribution < -0.4 is 10.1 Å². The maximum atomic E-state index is 5.58. The number of benzene rings is 2. The van der Waals surface area contributed by atoms with E-state index < -0.39 is 0 Å². The fourth-order valence-corrected chi connectivity index (χ4v) is 2.06. The van der Waals surface area contributed by atoms with Crippen LogP contribution in [0, 0.1) is 0 Å². The van der Waals surface area contributed by atoms with Gasteiger partial charge in [0.15, 0.2) is 0 Å². The van der Waals surface area contributed by atoms with Gasteiger partial charge in [0.2, 0.25) is 0 Å². The highest BCUT2D eigenvalue weighted by atomic mass is 16.5. The fourth-order valence-electron chi connectivity index (χ4n) is 2.06. The van der Waals surface area contributed by atoms with Gasteiger partial charge in [0.1, 0.15) is 5.75 Å². The molecule has 0 saturated heterocycles. The average Bonchev–Trinajstić information content (AvgIpc) is 2.52. The molecule has 0 aliphatic rings. The van der Waals surface area contributed by atoms with E-state index >= 15 is 0 Å². The van der Waals surface area contributed by atoms with Gasteiger partial charge >= 0.3 is 0 Å². The highest BCUT2D eigenvalue weighted by molar-refractivity contribution is 5.46. The average molecular weight is 269 g/mol. The normalized spacial score (nSPS) is 11.9. The maximum absolute atomic E-state index is 5.58. The zero-order valence-corrected chi connectivity index (χ0v) is 12.3. The zero-order valence-electron chi connectivity index (χ0n) is 12.3. The molecule has 0 spiro atoms. The third kappa shape index (κ3) is 4.30. The summed E-state index contributed by atoms with van der Waals surface area (Å²) in [4.78, 5) is 0. The molecule has 2 nitrogen and oxygen atoms in total. The summed E-state index contributed by atoms with van der Waals surface area (Å²) >= 11 is 0. The molecule has 0 aliphatic heterocycles. The van der Waals surface area contributed by atoms with Gasteiger partial charge in [0.25, 0.3) is 0 Å². The van der Waals surface area contributed by atoms with Crippen molar-refractivity contribution in [3.05, 3.63) is 60.2 Å². The van der Waals surface area contributed by atoms with Crippen LogP contribution in [0.2, 0.25) is 0 Å². The molecule has 0 aromatic heterocycles. The minimum absolute atomic E-state index is 0.493. The summed E-state index contributed by atoms with van der Waals surface area (Å²) in [6.45, 7) is 6.05. The Labute approximate surface area is 121 Å². The molecule has 0 bridgehead atoms. The monoisotopic (exact) mass is 269 g/mol. The van der Waals surface area contributed by atoms with Crippen LogP contribution in [0.25, 0.3) is 0 Å². The molecule has 2 aromatic rings. The number of anilines is 1. The van der Waals surface area contributed by atoms with E-state index in [0.717, 1.165) is 31.0 Å². The number of rotatable bonds is 7. The lowest BCUT2D eigenvalue weighted by Crippen LogP contribution is -2.09. The molecule has 20 heavy (non-hydrogen) atoms. The quantitative estimate of drug-likeness (QED) is 0.787. The Bertz CT molecular complexity index is 493. The predicted octanol–water partition coefficient (Wildman–Crippen LogP) is 4.69. The molecule has 2 heteroatoms. The van der Waals surface area contributed by atoms with Crippen molar-refractivity contribution in [2.75, 3.05) is 18.5 Å². The topological polar surface area (TPSA) is 21.3 Å². The molecule has 1 N–H and O–H groups in total. The van der Waals surface area contributed by atoms with Crippen molar-refractivity contribution >= 4 is 5.69 Å². The van der Waals surface area contributed by atoms with Gasteiger partial charge in [-0.3, -0.25) is 0 Å². The molecule has 1 atom stereocenters. The summed E-state index contributed by atoms with van der Waals surface area (Å²) in [5.41, 5.74) is 2.50. The second-order valence-electron chi connectivity index (χ2n) is 5.07. The first-order valence-corrected chi connectivity index (χ1v) is 7.31. The molecule has 106 valence electrons. The second-order valence-corrected chi connectivity index (χ2v) is 5.07. The standard InChI is InChI=1S/C18H23NO/c1-3-13-20-18-11-9-17(10-12-18)19-14-15(2)16-7-5-4-6-8-16/h4-12,15,19H,3,13-14H2,1-2H3. The van der Waals surface area contributed by atoms with Gasteiger partial charge in [-0.1, -0.05) is 44.2 Å². The van der Waals surface area contributed by atoms with Crippen LogP contribution in [0.5, 0.6) is 5.75 Å². The lowest BCUT2D eigenvalue weighted by Gasteiger charge is -2.14. The molecule has 0 aliphatic carbocycles. The van der Waals surface area contributed by atoms with Crippen LogP contribution >= 0.6 is 0 Å². The minimum atomic E-state index is 0.493. The minimum Gasteiger partial charge on any atom is -0.494 e. The van der Waals surface area contributed by atoms with Crippen molar-refractivity contribution in [1.29, 1.82) is 0 Å². The van der Waals surface area contributed by atoms with Crippen molar-refractivity contribution in [3.8, 4) is 5.75 Å². The van der Waals surface area contributed by atoms with Crippen molar-refractivity contribution < 1.29 is 4.74 Å². The van der Waals surface area contributed by atoms with Gasteiger partial charge in [-0.05, 0) is 42.2 Å². The molecule has 1 unspecified atom stereocenters. The first-order chi connectivity index (χ1) is 9.79. The summed E-state index contributed by atoms with van der Waals surface area (Å²) in [7, 11) is 0. The van der Waals surface area contributed by atoms with Crippen LogP contribution in [-0.4, -0.2) is 13.2 Å². The molecule has 0 saturated carbocycles. The first-order valence-electron chi connectivity index (χ1n) is 7.31. The third-order valence-corrected chi connectivity index (χ3v) is 3.31. The highest BCUT2D eigenvalue weighted by Crippen LogP contribution is 2.19. The van der Waals surface area contributed by atoms with Gasteiger partial charge in [-0.2, -0.15) is 0 Å². The van der Waals surface area contributed by atoms with Gasteiger partial charge in [0.05, 0.1) is 6.61 Å². The maximum Gasteiger partial charge on any atom is 0.119 e. The predicted molar refractivity (Wildman–Crippen MR) is 85.6 cm³/mol. The molecule has 2 rings (SSSR count). The number of hydrogen-bond acceptors (Lipinski definition) is 2. The van der Waals surface area contributed by atoms with Crippen LogP contribution in [-0.2, 0) is 0 Å². The van der Waals surface area contributed by atoms with Crippen molar-refractivity contribution in [2.45, 2.75) is 26.2 Å². The van der Waals surface area contributed by atoms with E-state index in [-0.39, 0.29) is 0 Å². The summed E-state index contributed by atoms with van der Waals surface area (Å²) in [6.07, 6.45) is 1.04. The smallest absolute Gasteiger partial charge is 0.119 e. The van der Waals surface area contributed by atoms with Gasteiger partial charge in [-0.15, -0.1) is 0 Å². The van der Waals surface area contributed by atoms with Gasteiger partial charge < -0.3 is 10.1 Å². The van der Waals surface area contributed by atoms with E-state index in [1.807, 2.05) is 12.1 Å². The van der Waals surface area contributed by atoms with Crippen LogP contribution in [0.15, 0.2) is 54.6 Å². The molecular formula is C18H23NO. The Morgan fingerprint density at radius 3 is 2.35 bits per heavy atom. The molecular weight excluding hydrogens is 246 g/mol. The van der Waals surface area contributed by atoms with Gasteiger partial charge in [0, 0.05) is 12.2 Å². The molecule has 0 radical (unpaired) electrons. The van der Waals surface area contributed by atoms with E-state index in [1.165, 1.54) is 5.56 Å². The Morgan fingerprint density at radius 2 is 1.70 bits per heavy atom. The first kappa shape index (κ1) is 14.4. The van der Waals surface area contributed by atoms with E-state index in [1.54, 1.807) is 0 Å². The fraction of sp³-hybridized carbons (Fsp3) is 0.333. The summed E-state index contributed by atoms with van der Waals surface area (Å²) in [5, 5.41) is 3.47. The van der Waals surface area contributed by atoms with E-state index in [9.17, 15) is 0 Å². The molecule has 0 heterocycles. The van der Waals surface area contributed by atoms with Gasteiger partial charge in [-0.25, -0.2) is 0 Å². The summed E-state index contributed by atoms with van der Waals surface area (Å²) in [6, 6.07) is 18.8. The molecule has 2 aromatic carbocycles. The lowest BCUT2D eigenvalue weighted by atomic mass is 10.0. The SMILES string of the molecule is CCCOc1ccc(NCC(C)c2ccccc2)cc1. The van der Waals surface area contributed by atoms with Crippen LogP contribution in [0.3, 0.4) is 0 Å². The molecule has 0 amide bonds. The third-order valence-electron chi connectivity index (χ3n) is 3.31. The summed E-state index contributed by atoms with van der Waals surface area (Å²) in [5.74, 6) is 1.43. The lowest BCUT2D eigenvalue weighted by molar-refractivity contribution is 0.317. The van der Waals surface area contributed by atoms with E-state index in [2.05, 4.69) is 61.6 Å². The van der Waals surface area contributed by atoms with Crippen LogP contribution in [0.1, 0.15) is 31.7 Å². The highest BCUT2D eigenvalue weighted by Gasteiger charge is 2.04. The second kappa shape index (κ2) is 7.59. The summed E-state index contributed by atoms with van der Waals surface area (Å²) < 4.78 is 5.58. The van der Waals surface area contributed by atoms with E-state index in [4.69, 9.17) is 4.74 Å². The number of hydrogen-bond donors (Lipinski definition) is 1. The van der Waals surface area contributed by atoms with Crippen molar-refractivity contribution in [2.24, 2.45) is 0 Å². The number of nitrogens with one attached hydrogen (secondary N) is 1. The van der Waals surface area contributed by atoms with Crippen LogP contribution in [0.4, 0.5) is 5.69 Å². The van der Waals surface area contributed by atoms with Crippen molar-refractivity contribution in [1.82, 2.24) is 0 Å². The Morgan fingerprint density at radius 1 is 1.00 bits per heavy atom. The zero-order chi connectivity index (χ0) is 14.2. The van der Waals surface area contributed by atoms with E-state index in [0.29, 0.717) is 5.92 Å². The van der Waals surface area contributed by atoms with Crippen molar-refractivity contribution in [3.63, 3.8) is 0 Å². The largest absolute Gasteiger partial charge is 0.494 e.